The molecule has 5 N–H and O–H groups in total. The first kappa shape index (κ1) is 19.4. The van der Waals surface area contributed by atoms with Crippen molar-refractivity contribution in [1.82, 2.24) is 15.4 Å². The number of carbonyl (C=O) groups excluding carboxylic acids is 1. The number of aromatic nitrogens is 1. The molecule has 0 radical (unpaired) electrons. The highest BCUT2D eigenvalue weighted by molar-refractivity contribution is 6.27. The van der Waals surface area contributed by atoms with Crippen molar-refractivity contribution in [2.75, 3.05) is 14.1 Å². The average Bonchev–Trinajstić information content (AvgIpc) is 2.98. The van der Waals surface area contributed by atoms with Gasteiger partial charge in [0.1, 0.15) is 0 Å². The molecule has 0 aliphatic heterocycles. The summed E-state index contributed by atoms with van der Waals surface area (Å²) >= 11 is 0. The Bertz CT molecular complexity index is 830. The largest absolute Gasteiger partial charge is 0.473 e. The van der Waals surface area contributed by atoms with E-state index in [-0.39, 0.29) is 0 Å². The first-order chi connectivity index (χ1) is 12.2. The van der Waals surface area contributed by atoms with Gasteiger partial charge >= 0.3 is 11.9 Å². The topological polar surface area (TPSA) is 143 Å². The number of nitrogens with one attached hydrogen (secondary N) is 2. The van der Waals surface area contributed by atoms with Crippen LogP contribution in [0.5, 0.6) is 0 Å². The van der Waals surface area contributed by atoms with E-state index in [9.17, 15) is 4.79 Å². The monoisotopic (exact) mass is 363 g/mol. The van der Waals surface area contributed by atoms with Gasteiger partial charge in [0.15, 0.2) is 0 Å². The number of aliphatic carboxylic acids is 2. The number of likely N-dealkylation sites (N-methyl/N-ethyl adjacent to an activating group) is 1. The summed E-state index contributed by atoms with van der Waals surface area (Å²) in [5, 5.41) is 24.6. The number of amides is 1. The molecule has 0 fully saturated rings. The number of H-pyrrole nitrogens is 1. The molecule has 1 atom stereocenters. The van der Waals surface area contributed by atoms with Crippen LogP contribution in [0.2, 0.25) is 0 Å². The lowest BCUT2D eigenvalue weighted by atomic mass is 9.90. The molecular formula is C17H21N3O6. The van der Waals surface area contributed by atoms with Crippen molar-refractivity contribution in [3.8, 4) is 0 Å². The third-order valence-electron chi connectivity index (χ3n) is 4.44. The second-order valence-electron chi connectivity index (χ2n) is 6.25. The fourth-order valence-corrected chi connectivity index (χ4v) is 3.05. The third kappa shape index (κ3) is 4.19. The summed E-state index contributed by atoms with van der Waals surface area (Å²) in [6.07, 6.45) is 3.18. The molecule has 1 amide bonds. The molecule has 9 nitrogen and oxygen atoms in total. The number of fused-ring (bicyclic) bond motifs is 3. The van der Waals surface area contributed by atoms with Crippen LogP contribution in [0, 0.1) is 0 Å². The predicted octanol–water partition coefficient (Wildman–Crippen LogP) is 0.861. The molecule has 140 valence electrons. The summed E-state index contributed by atoms with van der Waals surface area (Å²) in [6.45, 7) is 0. The van der Waals surface area contributed by atoms with E-state index in [1.807, 2.05) is 12.1 Å². The van der Waals surface area contributed by atoms with E-state index in [2.05, 4.69) is 24.0 Å². The van der Waals surface area contributed by atoms with Crippen molar-refractivity contribution in [1.29, 1.82) is 0 Å². The fraction of sp³-hybridized carbons (Fsp3) is 0.353. The number of aryl methyl sites for hydroxylation is 1. The Morgan fingerprint density at radius 1 is 1.19 bits per heavy atom. The molecule has 1 aromatic heterocycles. The molecule has 9 heteroatoms. The lowest BCUT2D eigenvalue weighted by Crippen LogP contribution is -2.33. The lowest BCUT2D eigenvalue weighted by molar-refractivity contribution is -0.159. The molecule has 1 aromatic carbocycles. The van der Waals surface area contributed by atoms with Gasteiger partial charge in [-0.2, -0.15) is 0 Å². The van der Waals surface area contributed by atoms with Crippen LogP contribution in [0.3, 0.4) is 0 Å². The zero-order valence-corrected chi connectivity index (χ0v) is 14.4. The summed E-state index contributed by atoms with van der Waals surface area (Å²) in [5.41, 5.74) is 5.81. The number of nitrogens with zero attached hydrogens (tertiary/aromatic N) is 1. The Morgan fingerprint density at radius 3 is 2.38 bits per heavy atom. The van der Waals surface area contributed by atoms with Gasteiger partial charge in [-0.05, 0) is 57.1 Å². The van der Waals surface area contributed by atoms with Gasteiger partial charge in [-0.1, -0.05) is 0 Å². The second-order valence-corrected chi connectivity index (χ2v) is 6.25. The zero-order valence-electron chi connectivity index (χ0n) is 14.4. The van der Waals surface area contributed by atoms with Gasteiger partial charge in [-0.3, -0.25) is 10.0 Å². The van der Waals surface area contributed by atoms with Gasteiger partial charge in [0.2, 0.25) is 0 Å². The quantitative estimate of drug-likeness (QED) is 0.302. The van der Waals surface area contributed by atoms with Crippen molar-refractivity contribution < 1.29 is 29.8 Å². The Balaban J connectivity index is 0.000000352. The fourth-order valence-electron chi connectivity index (χ4n) is 3.05. The van der Waals surface area contributed by atoms with Crippen LogP contribution >= 0.6 is 0 Å². The maximum absolute atomic E-state index is 11.5. The number of rotatable bonds is 2. The zero-order chi connectivity index (χ0) is 19.4. The van der Waals surface area contributed by atoms with Crippen molar-refractivity contribution in [2.45, 2.75) is 25.3 Å². The molecule has 2 aromatic rings. The summed E-state index contributed by atoms with van der Waals surface area (Å²) < 4.78 is 0. The summed E-state index contributed by atoms with van der Waals surface area (Å²) in [6, 6.07) is 6.02. The molecule has 0 spiro atoms. The summed E-state index contributed by atoms with van der Waals surface area (Å²) in [5.74, 6) is -4.12. The van der Waals surface area contributed by atoms with Gasteiger partial charge in [0, 0.05) is 28.2 Å². The Hall–Kier alpha value is -2.91. The number of hydrogen-bond donors (Lipinski definition) is 5. The highest BCUT2D eigenvalue weighted by Crippen LogP contribution is 2.31. The van der Waals surface area contributed by atoms with E-state index in [0.29, 0.717) is 11.6 Å². The predicted molar refractivity (Wildman–Crippen MR) is 92.3 cm³/mol. The maximum atomic E-state index is 11.5. The third-order valence-corrected chi connectivity index (χ3v) is 4.44. The second kappa shape index (κ2) is 7.98. The van der Waals surface area contributed by atoms with Crippen molar-refractivity contribution >= 4 is 28.7 Å². The Morgan fingerprint density at radius 2 is 1.85 bits per heavy atom. The number of aromatic amines is 1. The molecule has 1 aliphatic carbocycles. The average molecular weight is 363 g/mol. The number of carboxylic acids is 2. The van der Waals surface area contributed by atoms with Crippen LogP contribution < -0.4 is 5.48 Å². The van der Waals surface area contributed by atoms with Gasteiger partial charge in [0.25, 0.3) is 5.91 Å². The SMILES string of the molecule is CN(C)C1CCc2[nH]c3ccc(C(=O)NO)cc3c2C1.O=C(O)C(=O)O. The number of hydrogen-bond acceptors (Lipinski definition) is 5. The molecule has 26 heavy (non-hydrogen) atoms. The lowest BCUT2D eigenvalue weighted by Gasteiger charge is -2.28. The van der Waals surface area contributed by atoms with Crippen LogP contribution in [0.25, 0.3) is 10.9 Å². The highest BCUT2D eigenvalue weighted by atomic mass is 16.5. The first-order valence-electron chi connectivity index (χ1n) is 7.95. The van der Waals surface area contributed by atoms with Crippen LogP contribution in [0.4, 0.5) is 0 Å². The van der Waals surface area contributed by atoms with E-state index >= 15 is 0 Å². The smallest absolute Gasteiger partial charge is 0.414 e. The molecule has 1 heterocycles. The summed E-state index contributed by atoms with van der Waals surface area (Å²) in [4.78, 5) is 35.4. The molecule has 0 saturated carbocycles. The Labute approximate surface area is 149 Å². The first-order valence-corrected chi connectivity index (χ1v) is 7.95. The van der Waals surface area contributed by atoms with E-state index in [0.717, 1.165) is 30.2 Å². The van der Waals surface area contributed by atoms with Crippen molar-refractivity contribution in [2.24, 2.45) is 0 Å². The standard InChI is InChI=1S/C15H19N3O2.C2H2O4/c1-18(2)10-4-6-14-12(8-10)11-7-9(15(19)17-20)3-5-13(11)16-14;3-1(4)2(5)6/h3,5,7,10,16,20H,4,6,8H2,1-2H3,(H,17,19);(H,3,4)(H,5,6). The molecule has 1 unspecified atom stereocenters. The van der Waals surface area contributed by atoms with Gasteiger partial charge < -0.3 is 20.1 Å². The number of hydroxylamine groups is 1. The van der Waals surface area contributed by atoms with Crippen LogP contribution in [-0.4, -0.2) is 63.3 Å². The van der Waals surface area contributed by atoms with Crippen molar-refractivity contribution in [3.63, 3.8) is 0 Å². The van der Waals surface area contributed by atoms with Gasteiger partial charge in [0.05, 0.1) is 0 Å². The van der Waals surface area contributed by atoms with E-state index in [1.54, 1.807) is 11.5 Å². The van der Waals surface area contributed by atoms with Gasteiger partial charge in [-0.25, -0.2) is 15.1 Å². The minimum Gasteiger partial charge on any atom is -0.473 e. The molecule has 0 bridgehead atoms. The number of carboxylic acid groups (broad SMARTS) is 2. The highest BCUT2D eigenvalue weighted by Gasteiger charge is 2.24. The molecular weight excluding hydrogens is 342 g/mol. The Kier molecular flexibility index (Phi) is 5.96. The number of carbonyl (C=O) groups is 3. The minimum atomic E-state index is -1.82. The number of benzene rings is 1. The summed E-state index contributed by atoms with van der Waals surface area (Å²) in [7, 11) is 4.21. The van der Waals surface area contributed by atoms with Crippen LogP contribution in [-0.2, 0) is 22.4 Å². The molecule has 1 aliphatic rings. The van der Waals surface area contributed by atoms with Crippen molar-refractivity contribution in [3.05, 3.63) is 35.0 Å². The van der Waals surface area contributed by atoms with E-state index in [4.69, 9.17) is 25.0 Å². The van der Waals surface area contributed by atoms with E-state index in [1.165, 1.54) is 11.3 Å². The van der Waals surface area contributed by atoms with Gasteiger partial charge in [-0.15, -0.1) is 0 Å². The normalized spacial score (nSPS) is 15.8. The molecule has 0 saturated heterocycles. The van der Waals surface area contributed by atoms with Crippen LogP contribution in [0.1, 0.15) is 28.0 Å². The maximum Gasteiger partial charge on any atom is 0.414 e. The minimum absolute atomic E-state index is 0.471. The van der Waals surface area contributed by atoms with Crippen LogP contribution in [0.15, 0.2) is 18.2 Å². The molecule has 3 rings (SSSR count). The van der Waals surface area contributed by atoms with E-state index < -0.39 is 17.8 Å².